The molecule has 4 rings (SSSR count). The van der Waals surface area contributed by atoms with Crippen molar-refractivity contribution >= 4 is 5.91 Å². The van der Waals surface area contributed by atoms with Crippen molar-refractivity contribution in [1.29, 1.82) is 0 Å². The zero-order valence-electron chi connectivity index (χ0n) is 14.6. The fourth-order valence-electron chi connectivity index (χ4n) is 4.33. The molecule has 1 saturated carbocycles. The Balaban J connectivity index is 1.45. The number of aromatic nitrogens is 2. The summed E-state index contributed by atoms with van der Waals surface area (Å²) in [5, 5.41) is 13.8. The van der Waals surface area contributed by atoms with E-state index in [9.17, 15) is 4.79 Å². The van der Waals surface area contributed by atoms with E-state index in [4.69, 9.17) is 0 Å². The van der Waals surface area contributed by atoms with Crippen molar-refractivity contribution in [3.8, 4) is 0 Å². The maximum absolute atomic E-state index is 12.7. The van der Waals surface area contributed by atoms with Gasteiger partial charge in [-0.3, -0.25) is 9.89 Å². The van der Waals surface area contributed by atoms with Crippen LogP contribution in [0, 0.1) is 5.41 Å². The van der Waals surface area contributed by atoms with Crippen molar-refractivity contribution in [2.24, 2.45) is 5.41 Å². The zero-order chi connectivity index (χ0) is 17.1. The second-order valence-electron chi connectivity index (χ2n) is 7.51. The van der Waals surface area contributed by atoms with E-state index in [1.165, 1.54) is 31.2 Å². The van der Waals surface area contributed by atoms with Gasteiger partial charge in [0.2, 0.25) is 0 Å². The van der Waals surface area contributed by atoms with Crippen LogP contribution in [0.4, 0.5) is 0 Å². The van der Waals surface area contributed by atoms with Gasteiger partial charge in [-0.2, -0.15) is 5.10 Å². The summed E-state index contributed by atoms with van der Waals surface area (Å²) in [7, 11) is 0. The molecule has 1 aliphatic heterocycles. The van der Waals surface area contributed by atoms with Crippen molar-refractivity contribution in [1.82, 2.24) is 20.8 Å². The van der Waals surface area contributed by atoms with Gasteiger partial charge < -0.3 is 10.6 Å². The molecule has 0 bridgehead atoms. The van der Waals surface area contributed by atoms with Crippen LogP contribution < -0.4 is 10.6 Å². The van der Waals surface area contributed by atoms with Gasteiger partial charge in [0, 0.05) is 37.3 Å². The Labute approximate surface area is 148 Å². The van der Waals surface area contributed by atoms with Gasteiger partial charge in [-0.1, -0.05) is 43.2 Å². The van der Waals surface area contributed by atoms with Crippen molar-refractivity contribution in [3.05, 3.63) is 52.8 Å². The fraction of sp³-hybridized carbons (Fsp3) is 0.500. The number of amides is 1. The number of H-pyrrole nitrogens is 1. The maximum Gasteiger partial charge on any atom is 0.272 e. The van der Waals surface area contributed by atoms with Crippen LogP contribution in [-0.2, 0) is 19.4 Å². The topological polar surface area (TPSA) is 69.8 Å². The van der Waals surface area contributed by atoms with E-state index in [0.29, 0.717) is 5.69 Å². The Bertz CT molecular complexity index is 731. The Morgan fingerprint density at radius 1 is 1.20 bits per heavy atom. The van der Waals surface area contributed by atoms with Crippen LogP contribution >= 0.6 is 0 Å². The van der Waals surface area contributed by atoms with Crippen LogP contribution in [0.1, 0.15) is 53.0 Å². The number of carbonyl (C=O) groups is 1. The number of nitrogens with zero attached hydrogens (tertiary/aromatic N) is 1. The van der Waals surface area contributed by atoms with Gasteiger partial charge in [0.25, 0.3) is 5.91 Å². The molecule has 2 aliphatic rings. The monoisotopic (exact) mass is 338 g/mol. The summed E-state index contributed by atoms with van der Waals surface area (Å²) in [4.78, 5) is 12.7. The van der Waals surface area contributed by atoms with Gasteiger partial charge in [-0.25, -0.2) is 0 Å². The van der Waals surface area contributed by atoms with Gasteiger partial charge in [0.1, 0.15) is 0 Å². The Kier molecular flexibility index (Phi) is 4.57. The predicted octanol–water partition coefficient (Wildman–Crippen LogP) is 2.59. The van der Waals surface area contributed by atoms with E-state index in [2.05, 4.69) is 51.2 Å². The first-order valence-electron chi connectivity index (χ1n) is 9.35. The molecule has 1 aromatic heterocycles. The maximum atomic E-state index is 12.7. The van der Waals surface area contributed by atoms with Crippen LogP contribution in [0.5, 0.6) is 0 Å². The van der Waals surface area contributed by atoms with E-state index < -0.39 is 0 Å². The van der Waals surface area contributed by atoms with Crippen LogP contribution in [0.2, 0.25) is 0 Å². The van der Waals surface area contributed by atoms with E-state index in [-0.39, 0.29) is 11.3 Å². The van der Waals surface area contributed by atoms with Gasteiger partial charge >= 0.3 is 0 Å². The highest BCUT2D eigenvalue weighted by Crippen LogP contribution is 2.40. The molecule has 132 valence electrons. The minimum absolute atomic E-state index is 0.0412. The SMILES string of the molecule is O=C(NCC1(Cc2ccccc2)CCCC1)c1n[nH]c2c1CNCC2. The van der Waals surface area contributed by atoms with E-state index in [1.54, 1.807) is 0 Å². The first-order valence-corrected chi connectivity index (χ1v) is 9.35. The molecule has 1 fully saturated rings. The number of nitrogens with one attached hydrogen (secondary N) is 3. The summed E-state index contributed by atoms with van der Waals surface area (Å²) < 4.78 is 0. The van der Waals surface area contributed by atoms with Gasteiger partial charge in [-0.15, -0.1) is 0 Å². The highest BCUT2D eigenvalue weighted by molar-refractivity contribution is 5.94. The van der Waals surface area contributed by atoms with Crippen LogP contribution in [0.25, 0.3) is 0 Å². The summed E-state index contributed by atoms with van der Waals surface area (Å²) in [6.07, 6.45) is 6.82. The third-order valence-electron chi connectivity index (χ3n) is 5.73. The minimum atomic E-state index is -0.0412. The first kappa shape index (κ1) is 16.3. The Morgan fingerprint density at radius 3 is 2.80 bits per heavy atom. The standard InChI is InChI=1S/C20H26N4O/c25-19(18-16-13-21-11-8-17(16)23-24-18)22-14-20(9-4-5-10-20)12-15-6-2-1-3-7-15/h1-3,6-7,21H,4-5,8-14H2,(H,22,25)(H,23,24). The molecule has 1 amide bonds. The number of rotatable bonds is 5. The molecular weight excluding hydrogens is 312 g/mol. The van der Waals surface area contributed by atoms with Crippen molar-refractivity contribution in [2.75, 3.05) is 13.1 Å². The van der Waals surface area contributed by atoms with Crippen molar-refractivity contribution in [2.45, 2.75) is 45.1 Å². The quantitative estimate of drug-likeness (QED) is 0.785. The molecule has 1 aromatic carbocycles. The molecular formula is C20H26N4O. The van der Waals surface area contributed by atoms with Crippen LogP contribution in [0.3, 0.4) is 0 Å². The third-order valence-corrected chi connectivity index (χ3v) is 5.73. The number of hydrogen-bond donors (Lipinski definition) is 3. The minimum Gasteiger partial charge on any atom is -0.350 e. The average molecular weight is 338 g/mol. The number of aromatic amines is 1. The Morgan fingerprint density at radius 2 is 2.00 bits per heavy atom. The first-order chi connectivity index (χ1) is 12.3. The summed E-state index contributed by atoms with van der Waals surface area (Å²) in [5.41, 5.74) is 4.25. The molecule has 5 nitrogen and oxygen atoms in total. The second-order valence-corrected chi connectivity index (χ2v) is 7.51. The van der Waals surface area contributed by atoms with Crippen molar-refractivity contribution in [3.63, 3.8) is 0 Å². The second kappa shape index (κ2) is 7.00. The molecule has 5 heteroatoms. The molecule has 0 spiro atoms. The fourth-order valence-corrected chi connectivity index (χ4v) is 4.33. The van der Waals surface area contributed by atoms with Gasteiger partial charge in [-0.05, 0) is 30.2 Å². The molecule has 3 N–H and O–H groups in total. The molecule has 2 heterocycles. The molecule has 0 saturated heterocycles. The largest absolute Gasteiger partial charge is 0.350 e. The highest BCUT2D eigenvalue weighted by Gasteiger charge is 2.35. The lowest BCUT2D eigenvalue weighted by Gasteiger charge is -2.29. The predicted molar refractivity (Wildman–Crippen MR) is 97.4 cm³/mol. The number of hydrogen-bond acceptors (Lipinski definition) is 3. The highest BCUT2D eigenvalue weighted by atomic mass is 16.1. The van der Waals surface area contributed by atoms with E-state index in [1.807, 2.05) is 0 Å². The molecule has 0 atom stereocenters. The lowest BCUT2D eigenvalue weighted by molar-refractivity contribution is 0.0923. The number of carbonyl (C=O) groups excluding carboxylic acids is 1. The zero-order valence-corrected chi connectivity index (χ0v) is 14.6. The third kappa shape index (κ3) is 3.47. The smallest absolute Gasteiger partial charge is 0.272 e. The van der Waals surface area contributed by atoms with Gasteiger partial charge in [0.05, 0.1) is 0 Å². The van der Waals surface area contributed by atoms with Crippen LogP contribution in [-0.4, -0.2) is 29.2 Å². The molecule has 0 unspecified atom stereocenters. The lowest BCUT2D eigenvalue weighted by atomic mass is 9.80. The normalized spacial score (nSPS) is 18.7. The number of benzene rings is 1. The summed E-state index contributed by atoms with van der Waals surface area (Å²) in [6.45, 7) is 2.40. The van der Waals surface area contributed by atoms with E-state index >= 15 is 0 Å². The molecule has 0 radical (unpaired) electrons. The summed E-state index contributed by atoms with van der Waals surface area (Å²) in [6, 6.07) is 10.6. The summed E-state index contributed by atoms with van der Waals surface area (Å²) in [5.74, 6) is -0.0412. The van der Waals surface area contributed by atoms with Crippen LogP contribution in [0.15, 0.2) is 30.3 Å². The summed E-state index contributed by atoms with van der Waals surface area (Å²) >= 11 is 0. The van der Waals surface area contributed by atoms with Gasteiger partial charge in [0.15, 0.2) is 5.69 Å². The molecule has 2 aromatic rings. The Hall–Kier alpha value is -2.14. The number of fused-ring (bicyclic) bond motifs is 1. The van der Waals surface area contributed by atoms with E-state index in [0.717, 1.165) is 43.7 Å². The molecule has 1 aliphatic carbocycles. The molecule has 25 heavy (non-hydrogen) atoms. The lowest BCUT2D eigenvalue weighted by Crippen LogP contribution is -2.38. The van der Waals surface area contributed by atoms with Crippen molar-refractivity contribution < 1.29 is 4.79 Å². The average Bonchev–Trinajstić information content (AvgIpc) is 3.28.